The predicted molar refractivity (Wildman–Crippen MR) is 100 cm³/mol. The van der Waals surface area contributed by atoms with Gasteiger partial charge < -0.3 is 4.43 Å². The Morgan fingerprint density at radius 2 is 0.792 bits per heavy atom. The summed E-state index contributed by atoms with van der Waals surface area (Å²) >= 11 is 0. The zero-order valence-electron chi connectivity index (χ0n) is 14.3. The van der Waals surface area contributed by atoms with Crippen LogP contribution in [-0.2, 0) is 10.0 Å². The fraction of sp³-hybridized carbons (Fsp3) is 0.182. The third-order valence-electron chi connectivity index (χ3n) is 4.53. The Morgan fingerprint density at radius 1 is 0.542 bits per heavy atom. The van der Waals surface area contributed by atoms with Gasteiger partial charge in [-0.2, -0.15) is 0 Å². The molecule has 3 aromatic carbocycles. The molecule has 119 valence electrons. The van der Waals surface area contributed by atoms with E-state index in [0.717, 1.165) is 16.7 Å². The molecule has 0 unspecified atom stereocenters. The molecule has 0 fully saturated rings. The third kappa shape index (κ3) is 2.95. The van der Waals surface area contributed by atoms with Crippen LogP contribution in [0.4, 0.5) is 0 Å². The highest BCUT2D eigenvalue weighted by atomic mass is 28.2. The van der Waals surface area contributed by atoms with E-state index in [9.17, 15) is 0 Å². The Kier molecular flexibility index (Phi) is 4.70. The van der Waals surface area contributed by atoms with E-state index in [1.165, 1.54) is 16.7 Å². The molecule has 24 heavy (non-hydrogen) atoms. The number of benzene rings is 3. The second-order valence-corrected chi connectivity index (χ2v) is 6.59. The summed E-state index contributed by atoms with van der Waals surface area (Å²) in [6.45, 7) is 6.29. The van der Waals surface area contributed by atoms with Crippen molar-refractivity contribution >= 4 is 10.5 Å². The van der Waals surface area contributed by atoms with Crippen LogP contribution < -0.4 is 0 Å². The zero-order chi connectivity index (χ0) is 17.2. The van der Waals surface area contributed by atoms with Crippen LogP contribution in [0, 0.1) is 20.8 Å². The first-order valence-corrected chi connectivity index (χ1v) is 8.53. The van der Waals surface area contributed by atoms with E-state index in [-0.39, 0.29) is 0 Å². The Labute approximate surface area is 147 Å². The summed E-state index contributed by atoms with van der Waals surface area (Å²) < 4.78 is 6.02. The normalized spacial score (nSPS) is 11.5. The first-order chi connectivity index (χ1) is 11.6. The van der Waals surface area contributed by atoms with E-state index in [2.05, 4.69) is 104 Å². The lowest BCUT2D eigenvalue weighted by molar-refractivity contribution is 0.173. The molecule has 3 radical (unpaired) electrons. The molecule has 0 amide bonds. The maximum absolute atomic E-state index is 6.02. The molecule has 0 heterocycles. The van der Waals surface area contributed by atoms with Crippen molar-refractivity contribution in [1.29, 1.82) is 0 Å². The SMILES string of the molecule is Cc1ccc(C(O[Si])(c2ccc(C)cc2)c2ccc(C)cc2)cc1. The largest absolute Gasteiger partial charge is 0.402 e. The second-order valence-electron chi connectivity index (χ2n) is 6.38. The smallest absolute Gasteiger partial charge is 0.248 e. The maximum Gasteiger partial charge on any atom is 0.248 e. The van der Waals surface area contributed by atoms with Crippen molar-refractivity contribution in [3.8, 4) is 0 Å². The molecule has 0 spiro atoms. The van der Waals surface area contributed by atoms with Gasteiger partial charge in [-0.1, -0.05) is 89.5 Å². The van der Waals surface area contributed by atoms with Crippen LogP contribution in [0.25, 0.3) is 0 Å². The lowest BCUT2D eigenvalue weighted by Gasteiger charge is -2.35. The Morgan fingerprint density at radius 3 is 1.00 bits per heavy atom. The minimum atomic E-state index is -0.689. The molecule has 0 saturated heterocycles. The van der Waals surface area contributed by atoms with Crippen LogP contribution in [-0.4, -0.2) is 10.5 Å². The lowest BCUT2D eigenvalue weighted by atomic mass is 9.80. The van der Waals surface area contributed by atoms with Gasteiger partial charge in [0, 0.05) is 0 Å². The number of aryl methyl sites for hydroxylation is 3. The van der Waals surface area contributed by atoms with E-state index < -0.39 is 5.60 Å². The van der Waals surface area contributed by atoms with Crippen molar-refractivity contribution in [2.24, 2.45) is 0 Å². The first kappa shape index (κ1) is 16.7. The second kappa shape index (κ2) is 6.76. The standard InChI is InChI=1S/C22H21OSi/c1-16-4-10-19(11-5-16)22(23-24,20-12-6-17(2)7-13-20)21-14-8-18(3)9-15-21/h4-15H,1-3H3. The Hall–Kier alpha value is -2.16. The number of hydrogen-bond donors (Lipinski definition) is 0. The summed E-state index contributed by atoms with van der Waals surface area (Å²) in [7, 11) is 3.40. The van der Waals surface area contributed by atoms with E-state index in [4.69, 9.17) is 4.43 Å². The molecule has 0 aliphatic carbocycles. The van der Waals surface area contributed by atoms with Gasteiger partial charge in [-0.05, 0) is 37.5 Å². The van der Waals surface area contributed by atoms with Crippen LogP contribution in [0.5, 0.6) is 0 Å². The topological polar surface area (TPSA) is 9.23 Å². The lowest BCUT2D eigenvalue weighted by Crippen LogP contribution is -2.32. The van der Waals surface area contributed by atoms with Crippen molar-refractivity contribution in [2.75, 3.05) is 0 Å². The molecule has 0 aliphatic heterocycles. The van der Waals surface area contributed by atoms with Gasteiger partial charge in [-0.3, -0.25) is 0 Å². The van der Waals surface area contributed by atoms with Gasteiger partial charge in [-0.25, -0.2) is 0 Å². The van der Waals surface area contributed by atoms with Crippen LogP contribution in [0.2, 0.25) is 0 Å². The number of rotatable bonds is 4. The van der Waals surface area contributed by atoms with Crippen LogP contribution >= 0.6 is 0 Å². The maximum atomic E-state index is 6.02. The molecule has 2 heteroatoms. The molecule has 0 saturated carbocycles. The summed E-state index contributed by atoms with van der Waals surface area (Å²) in [6, 6.07) is 25.5. The summed E-state index contributed by atoms with van der Waals surface area (Å²) in [5.41, 5.74) is 6.28. The van der Waals surface area contributed by atoms with Crippen molar-refractivity contribution in [1.82, 2.24) is 0 Å². The summed E-state index contributed by atoms with van der Waals surface area (Å²) in [5, 5.41) is 0. The number of hydrogen-bond acceptors (Lipinski definition) is 1. The molecular formula is C22H21OSi. The Balaban J connectivity index is 2.27. The van der Waals surface area contributed by atoms with Crippen molar-refractivity contribution in [2.45, 2.75) is 26.4 Å². The van der Waals surface area contributed by atoms with E-state index in [1.807, 2.05) is 0 Å². The van der Waals surface area contributed by atoms with Crippen molar-refractivity contribution in [3.05, 3.63) is 106 Å². The third-order valence-corrected chi connectivity index (χ3v) is 4.83. The summed E-state index contributed by atoms with van der Waals surface area (Å²) in [5.74, 6) is 0. The first-order valence-electron chi connectivity index (χ1n) is 8.12. The monoisotopic (exact) mass is 329 g/mol. The molecule has 0 aromatic heterocycles. The van der Waals surface area contributed by atoms with Gasteiger partial charge in [0.2, 0.25) is 10.5 Å². The highest BCUT2D eigenvalue weighted by molar-refractivity contribution is 5.99. The molecule has 0 bridgehead atoms. The average Bonchev–Trinajstić information content (AvgIpc) is 2.60. The van der Waals surface area contributed by atoms with Crippen molar-refractivity contribution in [3.63, 3.8) is 0 Å². The summed E-state index contributed by atoms with van der Waals surface area (Å²) in [4.78, 5) is 0. The molecule has 1 nitrogen and oxygen atoms in total. The molecule has 3 rings (SSSR count). The minimum Gasteiger partial charge on any atom is -0.402 e. The predicted octanol–water partition coefficient (Wildman–Crippen LogP) is 5.00. The van der Waals surface area contributed by atoms with Crippen LogP contribution in [0.1, 0.15) is 33.4 Å². The van der Waals surface area contributed by atoms with E-state index in [0.29, 0.717) is 0 Å². The van der Waals surface area contributed by atoms with Gasteiger partial charge in [-0.15, -0.1) is 0 Å². The molecular weight excluding hydrogens is 308 g/mol. The molecule has 3 aromatic rings. The fourth-order valence-corrected chi connectivity index (χ4v) is 3.40. The molecule has 0 atom stereocenters. The molecule has 0 N–H and O–H groups in total. The zero-order valence-corrected chi connectivity index (χ0v) is 15.3. The minimum absolute atomic E-state index is 0.689. The van der Waals surface area contributed by atoms with Gasteiger partial charge in [0.15, 0.2) is 0 Å². The van der Waals surface area contributed by atoms with Gasteiger partial charge in [0.25, 0.3) is 0 Å². The quantitative estimate of drug-likeness (QED) is 0.483. The molecule has 0 aliphatic rings. The van der Waals surface area contributed by atoms with Gasteiger partial charge >= 0.3 is 0 Å². The van der Waals surface area contributed by atoms with Gasteiger partial charge in [0.1, 0.15) is 5.60 Å². The summed E-state index contributed by atoms with van der Waals surface area (Å²) in [6.07, 6.45) is 0. The van der Waals surface area contributed by atoms with E-state index in [1.54, 1.807) is 0 Å². The van der Waals surface area contributed by atoms with Crippen LogP contribution in [0.3, 0.4) is 0 Å². The highest BCUT2D eigenvalue weighted by Crippen LogP contribution is 2.40. The van der Waals surface area contributed by atoms with E-state index >= 15 is 0 Å². The van der Waals surface area contributed by atoms with Crippen LogP contribution in [0.15, 0.2) is 72.8 Å². The highest BCUT2D eigenvalue weighted by Gasteiger charge is 2.36. The van der Waals surface area contributed by atoms with Gasteiger partial charge in [0.05, 0.1) is 0 Å². The Bertz CT molecular complexity index is 691. The van der Waals surface area contributed by atoms with Crippen molar-refractivity contribution < 1.29 is 4.43 Å². The average molecular weight is 329 g/mol. The fourth-order valence-electron chi connectivity index (χ4n) is 3.04.